The van der Waals surface area contributed by atoms with Gasteiger partial charge >= 0.3 is 6.03 Å². The van der Waals surface area contributed by atoms with E-state index in [9.17, 15) is 9.70 Å². The monoisotopic (exact) mass is 131 g/mol. The predicted molar refractivity (Wildman–Crippen MR) is 32.6 cm³/mol. The van der Waals surface area contributed by atoms with Gasteiger partial charge in [-0.15, -0.1) is 4.91 Å². The Labute approximate surface area is 52.8 Å². The second-order valence-electron chi connectivity index (χ2n) is 1.46. The SMILES string of the molecule is CCCNC(=O)NN=O. The molecule has 2 amide bonds. The fourth-order valence-electron chi connectivity index (χ4n) is 0.320. The molecule has 52 valence electrons. The first-order chi connectivity index (χ1) is 4.31. The molecule has 2 N–H and O–H groups in total. The smallest absolute Gasteiger partial charge is 0.337 e. The number of rotatable bonds is 3. The van der Waals surface area contributed by atoms with Crippen molar-refractivity contribution in [1.82, 2.24) is 10.7 Å². The molecule has 0 rings (SSSR count). The van der Waals surface area contributed by atoms with Crippen LogP contribution in [0.2, 0.25) is 0 Å². The van der Waals surface area contributed by atoms with Crippen molar-refractivity contribution in [2.45, 2.75) is 13.3 Å². The molecule has 0 aromatic carbocycles. The standard InChI is InChI=1S/C4H9N3O2/c1-2-3-5-4(8)6-7-9/h2-3H2,1H3,(H2,5,6,8,9). The lowest BCUT2D eigenvalue weighted by atomic mass is 10.5. The number of carbonyl (C=O) groups is 1. The van der Waals surface area contributed by atoms with Crippen LogP contribution in [-0.4, -0.2) is 12.6 Å². The number of hydrogen-bond donors (Lipinski definition) is 2. The van der Waals surface area contributed by atoms with Crippen LogP contribution >= 0.6 is 0 Å². The van der Waals surface area contributed by atoms with Gasteiger partial charge in [0.15, 0.2) is 0 Å². The highest BCUT2D eigenvalue weighted by molar-refractivity contribution is 5.73. The topological polar surface area (TPSA) is 70.6 Å². The van der Waals surface area contributed by atoms with Gasteiger partial charge in [-0.1, -0.05) is 6.92 Å². The van der Waals surface area contributed by atoms with Crippen LogP contribution in [0.5, 0.6) is 0 Å². The first-order valence-electron chi connectivity index (χ1n) is 2.67. The molecule has 0 unspecified atom stereocenters. The molecule has 0 heterocycles. The third-order valence-electron chi connectivity index (χ3n) is 0.683. The number of urea groups is 1. The van der Waals surface area contributed by atoms with Crippen LogP contribution in [0.1, 0.15) is 13.3 Å². The fourth-order valence-corrected chi connectivity index (χ4v) is 0.320. The van der Waals surface area contributed by atoms with E-state index in [0.29, 0.717) is 6.54 Å². The summed E-state index contributed by atoms with van der Waals surface area (Å²) in [5.74, 6) is 0. The Morgan fingerprint density at radius 3 is 2.78 bits per heavy atom. The summed E-state index contributed by atoms with van der Waals surface area (Å²) >= 11 is 0. The van der Waals surface area contributed by atoms with E-state index < -0.39 is 6.03 Å². The minimum absolute atomic E-state index is 0.549. The van der Waals surface area contributed by atoms with Gasteiger partial charge in [-0.2, -0.15) is 5.43 Å². The minimum atomic E-state index is -0.549. The van der Waals surface area contributed by atoms with Crippen LogP contribution in [0.3, 0.4) is 0 Å². The molecule has 9 heavy (non-hydrogen) atoms. The average Bonchev–Trinajstić information content (AvgIpc) is 1.85. The normalized spacial score (nSPS) is 8.11. The molecule has 0 atom stereocenters. The summed E-state index contributed by atoms with van der Waals surface area (Å²) < 4.78 is 0. The summed E-state index contributed by atoms with van der Waals surface area (Å²) in [4.78, 5) is 19.6. The van der Waals surface area contributed by atoms with Gasteiger partial charge in [0, 0.05) is 6.54 Å². The molecule has 0 saturated carbocycles. The van der Waals surface area contributed by atoms with E-state index in [1.54, 1.807) is 5.43 Å². The summed E-state index contributed by atoms with van der Waals surface area (Å²) in [6.45, 7) is 2.47. The third-order valence-corrected chi connectivity index (χ3v) is 0.683. The number of nitrogens with zero attached hydrogens (tertiary/aromatic N) is 1. The van der Waals surface area contributed by atoms with Crippen LogP contribution < -0.4 is 10.7 Å². The molecule has 0 radical (unpaired) electrons. The average molecular weight is 131 g/mol. The van der Waals surface area contributed by atoms with Crippen molar-refractivity contribution in [2.24, 2.45) is 5.29 Å². The van der Waals surface area contributed by atoms with E-state index in [0.717, 1.165) is 6.42 Å². The first-order valence-corrected chi connectivity index (χ1v) is 2.67. The second-order valence-corrected chi connectivity index (χ2v) is 1.46. The van der Waals surface area contributed by atoms with Crippen molar-refractivity contribution >= 4 is 6.03 Å². The zero-order chi connectivity index (χ0) is 7.11. The Morgan fingerprint density at radius 1 is 1.67 bits per heavy atom. The summed E-state index contributed by atoms with van der Waals surface area (Å²) in [6, 6.07) is -0.549. The maximum absolute atomic E-state index is 10.3. The molecular weight excluding hydrogens is 122 g/mol. The largest absolute Gasteiger partial charge is 0.337 e. The zero-order valence-corrected chi connectivity index (χ0v) is 5.18. The molecule has 0 aliphatic heterocycles. The molecule has 5 heteroatoms. The van der Waals surface area contributed by atoms with Crippen molar-refractivity contribution in [1.29, 1.82) is 0 Å². The number of carbonyl (C=O) groups excluding carboxylic acids is 1. The van der Waals surface area contributed by atoms with Gasteiger partial charge < -0.3 is 5.32 Å². The van der Waals surface area contributed by atoms with E-state index in [1.807, 2.05) is 6.92 Å². The first kappa shape index (κ1) is 7.87. The molecule has 0 bridgehead atoms. The van der Waals surface area contributed by atoms with Gasteiger partial charge in [0.25, 0.3) is 0 Å². The number of amides is 2. The second kappa shape index (κ2) is 5.02. The van der Waals surface area contributed by atoms with E-state index in [-0.39, 0.29) is 0 Å². The van der Waals surface area contributed by atoms with Crippen LogP contribution in [0.15, 0.2) is 5.29 Å². The molecule has 0 fully saturated rings. The number of nitroso groups, excluding NO2 is 1. The van der Waals surface area contributed by atoms with E-state index >= 15 is 0 Å². The molecule has 0 aliphatic rings. The van der Waals surface area contributed by atoms with E-state index in [2.05, 4.69) is 10.6 Å². The maximum Gasteiger partial charge on any atom is 0.337 e. The number of hydrogen-bond acceptors (Lipinski definition) is 3. The van der Waals surface area contributed by atoms with Crippen molar-refractivity contribution in [3.8, 4) is 0 Å². The van der Waals surface area contributed by atoms with Crippen molar-refractivity contribution in [3.05, 3.63) is 4.91 Å². The molecule has 0 aromatic heterocycles. The van der Waals surface area contributed by atoms with Gasteiger partial charge in [0.1, 0.15) is 0 Å². The van der Waals surface area contributed by atoms with E-state index in [1.165, 1.54) is 0 Å². The molecule has 0 spiro atoms. The van der Waals surface area contributed by atoms with Crippen LogP contribution in [0, 0.1) is 4.91 Å². The van der Waals surface area contributed by atoms with Gasteiger partial charge in [-0.05, 0) is 6.42 Å². The zero-order valence-electron chi connectivity index (χ0n) is 5.18. The van der Waals surface area contributed by atoms with Crippen LogP contribution in [-0.2, 0) is 0 Å². The Balaban J connectivity index is 3.16. The van der Waals surface area contributed by atoms with Crippen molar-refractivity contribution in [2.75, 3.05) is 6.54 Å². The third kappa shape index (κ3) is 4.73. The molecule has 0 aromatic rings. The van der Waals surface area contributed by atoms with Crippen LogP contribution in [0.25, 0.3) is 0 Å². The van der Waals surface area contributed by atoms with E-state index in [4.69, 9.17) is 0 Å². The highest BCUT2D eigenvalue weighted by Gasteiger charge is 1.93. The lowest BCUT2D eigenvalue weighted by molar-refractivity contribution is 0.241. The Bertz CT molecular complexity index is 104. The Kier molecular flexibility index (Phi) is 4.39. The van der Waals surface area contributed by atoms with Crippen LogP contribution in [0.4, 0.5) is 4.79 Å². The lowest BCUT2D eigenvalue weighted by Gasteiger charge is -1.97. The lowest BCUT2D eigenvalue weighted by Crippen LogP contribution is -2.32. The fraction of sp³-hybridized carbons (Fsp3) is 0.750. The Hall–Kier alpha value is -1.13. The molecule has 5 nitrogen and oxygen atoms in total. The predicted octanol–water partition coefficient (Wildman–Crippen LogP) is 0.377. The van der Waals surface area contributed by atoms with Gasteiger partial charge in [0.05, 0.1) is 5.29 Å². The molecule has 0 saturated heterocycles. The summed E-state index contributed by atoms with van der Waals surface area (Å²) in [7, 11) is 0. The summed E-state index contributed by atoms with van der Waals surface area (Å²) in [5.41, 5.74) is 1.70. The van der Waals surface area contributed by atoms with Crippen molar-refractivity contribution in [3.63, 3.8) is 0 Å². The maximum atomic E-state index is 10.3. The Morgan fingerprint density at radius 2 is 2.33 bits per heavy atom. The van der Waals surface area contributed by atoms with Gasteiger partial charge in [0.2, 0.25) is 0 Å². The quantitative estimate of drug-likeness (QED) is 0.429. The summed E-state index contributed by atoms with van der Waals surface area (Å²) in [6.07, 6.45) is 0.840. The summed E-state index contributed by atoms with van der Waals surface area (Å²) in [5, 5.41) is 4.57. The minimum Gasteiger partial charge on any atom is -0.337 e. The van der Waals surface area contributed by atoms with Gasteiger partial charge in [-0.25, -0.2) is 4.79 Å². The molecule has 0 aliphatic carbocycles. The van der Waals surface area contributed by atoms with Crippen molar-refractivity contribution < 1.29 is 4.79 Å². The molecular formula is C4H9N3O2. The van der Waals surface area contributed by atoms with Gasteiger partial charge in [-0.3, -0.25) is 0 Å². The number of nitrogens with one attached hydrogen (secondary N) is 2. The highest BCUT2D eigenvalue weighted by Crippen LogP contribution is 1.69. The highest BCUT2D eigenvalue weighted by atomic mass is 16.3.